The van der Waals surface area contributed by atoms with Crippen LogP contribution in [-0.2, 0) is 6.54 Å². The van der Waals surface area contributed by atoms with E-state index in [9.17, 15) is 4.79 Å². The minimum absolute atomic E-state index is 0.0851. The molecule has 0 amide bonds. The molecule has 0 radical (unpaired) electrons. The number of piperidine rings is 1. The monoisotopic (exact) mass is 307 g/mol. The van der Waals surface area contributed by atoms with Crippen molar-refractivity contribution in [3.63, 3.8) is 0 Å². The summed E-state index contributed by atoms with van der Waals surface area (Å²) < 4.78 is 0. The van der Waals surface area contributed by atoms with E-state index in [2.05, 4.69) is 45.2 Å². The summed E-state index contributed by atoms with van der Waals surface area (Å²) in [7, 11) is 0. The van der Waals surface area contributed by atoms with E-state index in [1.165, 1.54) is 18.4 Å². The van der Waals surface area contributed by atoms with Crippen molar-refractivity contribution in [2.24, 2.45) is 5.92 Å². The number of Topliss-reactive ketones (excluding diaryl/α,β-unsaturated/α-hetero) is 1. The van der Waals surface area contributed by atoms with Gasteiger partial charge >= 0.3 is 0 Å². The van der Waals surface area contributed by atoms with Crippen LogP contribution in [0.15, 0.2) is 48.8 Å². The Kier molecular flexibility index (Phi) is 3.92. The number of hydrogen-bond acceptors (Lipinski definition) is 4. The van der Waals surface area contributed by atoms with Gasteiger partial charge in [0.1, 0.15) is 0 Å². The molecule has 0 aliphatic carbocycles. The van der Waals surface area contributed by atoms with Crippen molar-refractivity contribution in [1.82, 2.24) is 14.9 Å². The molecule has 1 aromatic carbocycles. The second-order valence-corrected chi connectivity index (χ2v) is 6.65. The number of fused-ring (bicyclic) bond motifs is 2. The Labute approximate surface area is 136 Å². The number of carbonyl (C=O) groups excluding carboxylic acids is 1. The van der Waals surface area contributed by atoms with Gasteiger partial charge in [-0.05, 0) is 37.3 Å². The number of benzene rings is 1. The lowest BCUT2D eigenvalue weighted by Crippen LogP contribution is -2.44. The molecule has 4 rings (SSSR count). The summed E-state index contributed by atoms with van der Waals surface area (Å²) in [6.45, 7) is 0.999. The fraction of sp³-hybridized carbons (Fsp3) is 0.421. The molecule has 2 atom stereocenters. The first kappa shape index (κ1) is 14.5. The fourth-order valence-electron chi connectivity index (χ4n) is 4.15. The molecule has 1 aromatic heterocycles. The third-order valence-electron chi connectivity index (χ3n) is 5.25. The second-order valence-electron chi connectivity index (χ2n) is 6.65. The highest BCUT2D eigenvalue weighted by molar-refractivity contribution is 5.94. The molecular formula is C19H21N3O. The topological polar surface area (TPSA) is 46.1 Å². The Morgan fingerprint density at radius 1 is 1.00 bits per heavy atom. The molecule has 2 fully saturated rings. The maximum absolute atomic E-state index is 12.6. The molecule has 0 N–H and O–H groups in total. The summed E-state index contributed by atoms with van der Waals surface area (Å²) in [5, 5.41) is 0. The van der Waals surface area contributed by atoms with Gasteiger partial charge in [0, 0.05) is 36.9 Å². The maximum atomic E-state index is 12.6. The SMILES string of the molecule is O=C(c1ncccn1)C1CC2CCC(C1)N2Cc1ccccc1. The summed E-state index contributed by atoms with van der Waals surface area (Å²) in [5.74, 6) is 0.595. The van der Waals surface area contributed by atoms with E-state index < -0.39 is 0 Å². The number of hydrogen-bond donors (Lipinski definition) is 0. The van der Waals surface area contributed by atoms with Crippen molar-refractivity contribution in [3.05, 3.63) is 60.2 Å². The quantitative estimate of drug-likeness (QED) is 0.814. The molecule has 2 bridgehead atoms. The van der Waals surface area contributed by atoms with Crippen molar-refractivity contribution in [1.29, 1.82) is 0 Å². The lowest BCUT2D eigenvalue weighted by molar-refractivity contribution is 0.0669. The lowest BCUT2D eigenvalue weighted by Gasteiger charge is -2.38. The van der Waals surface area contributed by atoms with Crippen LogP contribution in [-0.4, -0.2) is 32.7 Å². The Bertz CT molecular complexity index is 660. The van der Waals surface area contributed by atoms with Crippen molar-refractivity contribution >= 4 is 5.78 Å². The molecule has 2 aliphatic rings. The highest BCUT2D eigenvalue weighted by atomic mass is 16.1. The van der Waals surface area contributed by atoms with Crippen LogP contribution in [0.5, 0.6) is 0 Å². The average Bonchev–Trinajstić information content (AvgIpc) is 2.84. The van der Waals surface area contributed by atoms with Gasteiger partial charge in [-0.2, -0.15) is 0 Å². The smallest absolute Gasteiger partial charge is 0.203 e. The molecular weight excluding hydrogens is 286 g/mol. The molecule has 4 heteroatoms. The predicted octanol–water partition coefficient (Wildman–Crippen LogP) is 3.10. The highest BCUT2D eigenvalue weighted by Crippen LogP contribution is 2.40. The zero-order valence-corrected chi connectivity index (χ0v) is 13.1. The average molecular weight is 307 g/mol. The van der Waals surface area contributed by atoms with Crippen LogP contribution >= 0.6 is 0 Å². The maximum Gasteiger partial charge on any atom is 0.203 e. The Morgan fingerprint density at radius 3 is 2.30 bits per heavy atom. The molecule has 2 aromatic rings. The molecule has 118 valence electrons. The van der Waals surface area contributed by atoms with Gasteiger partial charge in [-0.3, -0.25) is 9.69 Å². The number of nitrogens with zero attached hydrogens (tertiary/aromatic N) is 3. The van der Waals surface area contributed by atoms with E-state index in [4.69, 9.17) is 0 Å². The molecule has 0 saturated carbocycles. The van der Waals surface area contributed by atoms with Gasteiger partial charge in [-0.15, -0.1) is 0 Å². The Hall–Kier alpha value is -2.07. The summed E-state index contributed by atoms with van der Waals surface area (Å²) in [5.41, 5.74) is 1.36. The summed E-state index contributed by atoms with van der Waals surface area (Å²) in [6.07, 6.45) is 7.60. The molecule has 3 heterocycles. The van der Waals surface area contributed by atoms with Crippen LogP contribution in [0.3, 0.4) is 0 Å². The van der Waals surface area contributed by atoms with E-state index in [1.54, 1.807) is 18.5 Å². The number of rotatable bonds is 4. The first-order chi connectivity index (χ1) is 11.3. The second kappa shape index (κ2) is 6.20. The van der Waals surface area contributed by atoms with Crippen LogP contribution in [0.25, 0.3) is 0 Å². The van der Waals surface area contributed by atoms with Gasteiger partial charge in [0.2, 0.25) is 5.78 Å². The summed E-state index contributed by atoms with van der Waals surface area (Å²) in [6, 6.07) is 13.4. The minimum Gasteiger partial charge on any atom is -0.293 e. The fourth-order valence-corrected chi connectivity index (χ4v) is 4.15. The highest BCUT2D eigenvalue weighted by Gasteiger charge is 2.43. The van der Waals surface area contributed by atoms with E-state index in [0.717, 1.165) is 19.4 Å². The first-order valence-corrected chi connectivity index (χ1v) is 8.42. The zero-order chi connectivity index (χ0) is 15.6. The molecule has 4 nitrogen and oxygen atoms in total. The molecule has 0 spiro atoms. The third-order valence-corrected chi connectivity index (χ3v) is 5.25. The van der Waals surface area contributed by atoms with Gasteiger partial charge < -0.3 is 0 Å². The van der Waals surface area contributed by atoms with Gasteiger partial charge in [0.25, 0.3) is 0 Å². The van der Waals surface area contributed by atoms with Crippen LogP contribution in [0.2, 0.25) is 0 Å². The van der Waals surface area contributed by atoms with Crippen molar-refractivity contribution in [3.8, 4) is 0 Å². The molecule has 2 unspecified atom stereocenters. The van der Waals surface area contributed by atoms with Crippen LogP contribution in [0.1, 0.15) is 41.9 Å². The first-order valence-electron chi connectivity index (χ1n) is 8.42. The van der Waals surface area contributed by atoms with E-state index in [0.29, 0.717) is 17.9 Å². The largest absolute Gasteiger partial charge is 0.293 e. The van der Waals surface area contributed by atoms with Crippen molar-refractivity contribution in [2.45, 2.75) is 44.3 Å². The van der Waals surface area contributed by atoms with Gasteiger partial charge in [-0.1, -0.05) is 30.3 Å². The van der Waals surface area contributed by atoms with Crippen LogP contribution < -0.4 is 0 Å². The summed E-state index contributed by atoms with van der Waals surface area (Å²) in [4.78, 5) is 23.5. The van der Waals surface area contributed by atoms with Crippen molar-refractivity contribution in [2.75, 3.05) is 0 Å². The third kappa shape index (κ3) is 2.91. The van der Waals surface area contributed by atoms with E-state index >= 15 is 0 Å². The molecule has 2 aliphatic heterocycles. The van der Waals surface area contributed by atoms with E-state index in [-0.39, 0.29) is 11.7 Å². The van der Waals surface area contributed by atoms with Gasteiger partial charge in [-0.25, -0.2) is 9.97 Å². The van der Waals surface area contributed by atoms with Crippen LogP contribution in [0, 0.1) is 5.92 Å². The normalized spacial score (nSPS) is 27.0. The number of aromatic nitrogens is 2. The molecule has 2 saturated heterocycles. The van der Waals surface area contributed by atoms with Crippen molar-refractivity contribution < 1.29 is 4.79 Å². The lowest BCUT2D eigenvalue weighted by atomic mass is 9.86. The predicted molar refractivity (Wildman–Crippen MR) is 87.9 cm³/mol. The van der Waals surface area contributed by atoms with Gasteiger partial charge in [0.05, 0.1) is 0 Å². The summed E-state index contributed by atoms with van der Waals surface area (Å²) >= 11 is 0. The Morgan fingerprint density at radius 2 is 1.65 bits per heavy atom. The standard InChI is InChI=1S/C19H21N3O/c23-18(19-20-9-4-10-21-19)15-11-16-7-8-17(12-15)22(16)13-14-5-2-1-3-6-14/h1-6,9-10,15-17H,7-8,11-13H2. The number of carbonyl (C=O) groups is 1. The Balaban J connectivity index is 1.46. The van der Waals surface area contributed by atoms with Gasteiger partial charge in [0.15, 0.2) is 5.82 Å². The number of ketones is 1. The molecule has 23 heavy (non-hydrogen) atoms. The van der Waals surface area contributed by atoms with Crippen LogP contribution in [0.4, 0.5) is 0 Å². The minimum atomic E-state index is 0.0851. The van der Waals surface area contributed by atoms with E-state index in [1.807, 2.05) is 0 Å². The zero-order valence-electron chi connectivity index (χ0n) is 13.1.